The van der Waals surface area contributed by atoms with Gasteiger partial charge in [-0.1, -0.05) is 70.8 Å². The van der Waals surface area contributed by atoms with E-state index in [9.17, 15) is 26.4 Å². The van der Waals surface area contributed by atoms with Crippen molar-refractivity contribution in [2.45, 2.75) is 33.4 Å². The highest BCUT2D eigenvalue weighted by Crippen LogP contribution is 2.23. The predicted octanol–water partition coefficient (Wildman–Crippen LogP) is 3.57. The molecule has 2 aromatic heterocycles. The van der Waals surface area contributed by atoms with Crippen molar-refractivity contribution in [1.29, 1.82) is 0 Å². The molecule has 4 aromatic carbocycles. The van der Waals surface area contributed by atoms with Gasteiger partial charge in [0, 0.05) is 29.3 Å². The molecule has 0 aliphatic carbocycles. The van der Waals surface area contributed by atoms with Gasteiger partial charge in [0.1, 0.15) is 17.1 Å². The number of carbonyl (C=O) groups excluding carboxylic acids is 2. The van der Waals surface area contributed by atoms with Crippen molar-refractivity contribution in [3.05, 3.63) is 135 Å². The molecule has 2 amide bonds. The summed E-state index contributed by atoms with van der Waals surface area (Å²) in [6, 6.07) is 24.7. The van der Waals surface area contributed by atoms with E-state index in [0.29, 0.717) is 33.9 Å². The largest absolute Gasteiger partial charge is 0.488 e. The number of aryl methyl sites for hydroxylation is 4. The van der Waals surface area contributed by atoms with E-state index in [0.717, 1.165) is 45.9 Å². The van der Waals surface area contributed by atoms with E-state index in [-0.39, 0.29) is 15.8 Å². The average molecular weight is 947 g/mol. The van der Waals surface area contributed by atoms with Crippen LogP contribution < -0.4 is 21.7 Å². The van der Waals surface area contributed by atoms with E-state index < -0.39 is 38.8 Å². The smallest absolute Gasteiger partial charge is 0.423 e. The Morgan fingerprint density at radius 3 is 1.68 bits per heavy atom. The van der Waals surface area contributed by atoms with Crippen LogP contribution in [0, 0.1) is 27.7 Å². The Hall–Kier alpha value is -6.26. The first-order chi connectivity index (χ1) is 28.9. The Labute approximate surface area is 368 Å². The zero-order chi connectivity index (χ0) is 45.9. The molecule has 0 atom stereocenters. The molecule has 21 heteroatoms. The van der Waals surface area contributed by atoms with Gasteiger partial charge in [-0.2, -0.15) is 0 Å². The average Bonchev–Trinajstić information content (AvgIpc) is 3.83. The van der Waals surface area contributed by atoms with Gasteiger partial charge in [0.05, 0.1) is 23.8 Å². The predicted molar refractivity (Wildman–Crippen MR) is 245 cm³/mol. The molecule has 324 valence electrons. The number of sulfone groups is 1. The van der Waals surface area contributed by atoms with Crippen molar-refractivity contribution in [1.82, 2.24) is 29.5 Å². The fourth-order valence-electron chi connectivity index (χ4n) is 5.85. The maximum absolute atomic E-state index is 12.0. The van der Waals surface area contributed by atoms with Gasteiger partial charge in [0.15, 0.2) is 21.5 Å². The SMILES string of the molecule is CS(=O)(=O)Cc1cccc(B(O)O)c1.Cc1cc(C)cc(-c2ncn(/C=C(/C(N)=O)c3cccc(NS(C)(=O)=O)c3)n2)c1.Cc1cc(C)cc(-c2ncn(/C=C(\Br)C(N)=O)n2)c1. The minimum absolute atomic E-state index is 0.0897. The summed E-state index contributed by atoms with van der Waals surface area (Å²) in [6.45, 7) is 8.04. The third kappa shape index (κ3) is 15.6. The van der Waals surface area contributed by atoms with E-state index in [1.165, 1.54) is 52.6 Å². The standard InChI is InChI=1S/C20H21N5O3S.C13H13BrN4O.C8H11BO4S/c1-13-7-14(2)9-16(8-13)20-22-12-25(23-20)11-18(19(21)26)15-5-4-6-17(10-15)24-29(3,27)28;1-8-3-9(2)5-10(4-8)13-16-7-18(17-13)6-11(14)12(15)19;1-14(12,13)6-7-3-2-4-8(5-7)9(10)11/h4-12,24H,1-3H3,(H2,21,26);3-7H,1-2H3,(H2,15,19);2-5,10-11H,6H2,1H3/b18-11+;11-6-;. The number of primary amides is 2. The zero-order valence-corrected chi connectivity index (χ0v) is 37.8. The van der Waals surface area contributed by atoms with E-state index in [2.05, 4.69) is 53.0 Å². The molecule has 0 bridgehead atoms. The fourth-order valence-corrected chi connectivity index (χ4v) is 7.40. The first kappa shape index (κ1) is 48.4. The maximum atomic E-state index is 12.0. The summed E-state index contributed by atoms with van der Waals surface area (Å²) in [5, 5.41) is 26.4. The minimum atomic E-state index is -3.45. The monoisotopic (exact) mass is 945 g/mol. The van der Waals surface area contributed by atoms with E-state index in [4.69, 9.17) is 21.5 Å². The fraction of sp³-hybridized carbons (Fsp3) is 0.171. The highest BCUT2D eigenvalue weighted by Gasteiger charge is 2.14. The Balaban J connectivity index is 0.000000221. The molecule has 6 aromatic rings. The van der Waals surface area contributed by atoms with Crippen LogP contribution in [-0.2, 0) is 35.2 Å². The number of anilines is 1. The lowest BCUT2D eigenvalue weighted by Gasteiger charge is -2.08. The van der Waals surface area contributed by atoms with Crippen molar-refractivity contribution in [2.75, 3.05) is 17.2 Å². The van der Waals surface area contributed by atoms with Crippen molar-refractivity contribution in [3.63, 3.8) is 0 Å². The Kier molecular flexibility index (Phi) is 16.4. The number of amides is 2. The maximum Gasteiger partial charge on any atom is 0.488 e. The summed E-state index contributed by atoms with van der Waals surface area (Å²) in [6.07, 6.45) is 8.12. The normalized spacial score (nSPS) is 11.8. The number of halogens is 1. The van der Waals surface area contributed by atoms with Crippen LogP contribution in [0.2, 0.25) is 0 Å². The molecule has 0 aliphatic heterocycles. The van der Waals surface area contributed by atoms with Gasteiger partial charge in [-0.15, -0.1) is 10.2 Å². The topological polar surface area (TPSA) is 268 Å². The minimum Gasteiger partial charge on any atom is -0.423 e. The van der Waals surface area contributed by atoms with Crippen molar-refractivity contribution in [3.8, 4) is 22.8 Å². The van der Waals surface area contributed by atoms with Gasteiger partial charge in [0.25, 0.3) is 11.8 Å². The molecule has 0 spiro atoms. The Morgan fingerprint density at radius 1 is 0.726 bits per heavy atom. The summed E-state index contributed by atoms with van der Waals surface area (Å²) in [5.74, 6) is -0.196. The first-order valence-electron chi connectivity index (χ1n) is 18.3. The molecule has 6 rings (SSSR count). The van der Waals surface area contributed by atoms with Crippen molar-refractivity contribution in [2.24, 2.45) is 11.5 Å². The number of benzene rings is 4. The molecule has 0 fully saturated rings. The van der Waals surface area contributed by atoms with Gasteiger partial charge in [-0.3, -0.25) is 14.3 Å². The number of hydrogen-bond acceptors (Lipinski definition) is 12. The number of aromatic nitrogens is 6. The Morgan fingerprint density at radius 2 is 1.23 bits per heavy atom. The van der Waals surface area contributed by atoms with Crippen molar-refractivity contribution < 1.29 is 36.5 Å². The van der Waals surface area contributed by atoms with Crippen LogP contribution in [0.15, 0.2) is 102 Å². The van der Waals surface area contributed by atoms with Crippen LogP contribution in [0.4, 0.5) is 5.69 Å². The number of hydrogen-bond donors (Lipinski definition) is 5. The lowest BCUT2D eigenvalue weighted by molar-refractivity contribution is -0.114. The van der Waals surface area contributed by atoms with E-state index in [1.54, 1.807) is 30.3 Å². The highest BCUT2D eigenvalue weighted by molar-refractivity contribution is 9.12. The molecule has 0 saturated carbocycles. The Bertz CT molecular complexity index is 2840. The molecule has 0 radical (unpaired) electrons. The summed E-state index contributed by atoms with van der Waals surface area (Å²) < 4.78 is 50.3. The number of nitrogens with two attached hydrogens (primary N) is 2. The second-order valence-electron chi connectivity index (χ2n) is 14.2. The number of nitrogens with zero attached hydrogens (tertiary/aromatic N) is 6. The van der Waals surface area contributed by atoms with Crippen LogP contribution in [0.1, 0.15) is 33.4 Å². The van der Waals surface area contributed by atoms with Gasteiger partial charge in [0.2, 0.25) is 10.0 Å². The first-order valence-corrected chi connectivity index (χ1v) is 23.1. The highest BCUT2D eigenvalue weighted by atomic mass is 79.9. The molecule has 0 unspecified atom stereocenters. The molecule has 17 nitrogen and oxygen atoms in total. The zero-order valence-electron chi connectivity index (χ0n) is 34.6. The summed E-state index contributed by atoms with van der Waals surface area (Å²) in [7, 11) is -8.09. The van der Waals surface area contributed by atoms with E-state index >= 15 is 0 Å². The number of nitrogens with one attached hydrogen (secondary N) is 1. The number of carbonyl (C=O) groups is 2. The van der Waals surface area contributed by atoms with Crippen LogP contribution >= 0.6 is 15.9 Å². The second-order valence-corrected chi connectivity index (χ2v) is 19.0. The second kappa shape index (κ2) is 21.0. The lowest BCUT2D eigenvalue weighted by Crippen LogP contribution is -2.30. The molecule has 62 heavy (non-hydrogen) atoms. The summed E-state index contributed by atoms with van der Waals surface area (Å²) in [5.41, 5.74) is 18.8. The molecule has 0 saturated heterocycles. The van der Waals surface area contributed by atoms with Crippen LogP contribution in [0.25, 0.3) is 40.7 Å². The summed E-state index contributed by atoms with van der Waals surface area (Å²) >= 11 is 3.07. The van der Waals surface area contributed by atoms with Crippen LogP contribution in [-0.4, -0.2) is 87.9 Å². The third-order valence-electron chi connectivity index (χ3n) is 8.14. The number of rotatable bonds is 12. The summed E-state index contributed by atoms with van der Waals surface area (Å²) in [4.78, 5) is 31.5. The molecule has 2 heterocycles. The van der Waals surface area contributed by atoms with Gasteiger partial charge >= 0.3 is 7.12 Å². The molecule has 0 aliphatic rings. The van der Waals surface area contributed by atoms with E-state index in [1.807, 2.05) is 52.0 Å². The van der Waals surface area contributed by atoms with Gasteiger partial charge in [-0.05, 0) is 96.6 Å². The number of sulfonamides is 1. The molecular formula is C41H45BBrN9O8S2. The van der Waals surface area contributed by atoms with Gasteiger partial charge in [-0.25, -0.2) is 36.2 Å². The van der Waals surface area contributed by atoms with Crippen LogP contribution in [0.3, 0.4) is 0 Å². The van der Waals surface area contributed by atoms with Crippen LogP contribution in [0.5, 0.6) is 0 Å². The van der Waals surface area contributed by atoms with Gasteiger partial charge < -0.3 is 21.5 Å². The third-order valence-corrected chi connectivity index (χ3v) is 10.2. The van der Waals surface area contributed by atoms with Crippen molar-refractivity contribution >= 4 is 83.8 Å². The quantitative estimate of drug-likeness (QED) is 0.0871. The lowest BCUT2D eigenvalue weighted by atomic mass is 9.80. The molecular weight excluding hydrogens is 901 g/mol. The molecule has 7 N–H and O–H groups in total.